The molecule has 0 aliphatic carbocycles. The summed E-state index contributed by atoms with van der Waals surface area (Å²) in [4.78, 5) is 21.7. The molecule has 0 aliphatic rings. The average molecular weight is 215 g/mol. The molecule has 74 valence electrons. The molecule has 0 saturated carbocycles. The van der Waals surface area contributed by atoms with Crippen molar-refractivity contribution in [1.29, 1.82) is 0 Å². The molecule has 0 amide bonds. The minimum absolute atomic E-state index is 0.306. The lowest BCUT2D eigenvalue weighted by Gasteiger charge is -2.40. The van der Waals surface area contributed by atoms with Gasteiger partial charge in [-0.25, -0.2) is 4.44 Å². The lowest BCUT2D eigenvalue weighted by molar-refractivity contribution is -0.199. The lowest BCUT2D eigenvalue weighted by atomic mass is 10.8. The van der Waals surface area contributed by atoms with Gasteiger partial charge < -0.3 is 24.0 Å². The first-order chi connectivity index (χ1) is 5.19. The van der Waals surface area contributed by atoms with Gasteiger partial charge in [-0.3, -0.25) is 0 Å². The highest BCUT2D eigenvalue weighted by molar-refractivity contribution is 7.68. The molecular formula is C4H11NO5P2-2. The van der Waals surface area contributed by atoms with E-state index in [1.165, 1.54) is 0 Å². The Labute approximate surface area is 70.8 Å². The summed E-state index contributed by atoms with van der Waals surface area (Å²) in [6.45, 7) is 0.683. The first kappa shape index (κ1) is 12.3. The van der Waals surface area contributed by atoms with Crippen LogP contribution in [-0.4, -0.2) is 36.0 Å². The van der Waals surface area contributed by atoms with Gasteiger partial charge in [0, 0.05) is 6.54 Å². The fourth-order valence-electron chi connectivity index (χ4n) is 0.748. The van der Waals surface area contributed by atoms with Crippen molar-refractivity contribution >= 4 is 15.0 Å². The van der Waals surface area contributed by atoms with Crippen LogP contribution in [0.25, 0.3) is 0 Å². The Morgan fingerprint density at radius 2 is 1.58 bits per heavy atom. The predicted molar refractivity (Wildman–Crippen MR) is 40.9 cm³/mol. The van der Waals surface area contributed by atoms with E-state index >= 15 is 0 Å². The Hall–Kier alpha value is 0.300. The molecule has 0 aromatic rings. The van der Waals surface area contributed by atoms with Gasteiger partial charge in [0.05, 0.1) is 21.6 Å². The Morgan fingerprint density at radius 1 is 1.25 bits per heavy atom. The Kier molecular flexibility index (Phi) is 4.11. The molecule has 0 saturated heterocycles. The molecule has 0 bridgehead atoms. The van der Waals surface area contributed by atoms with Crippen molar-refractivity contribution in [3.05, 3.63) is 0 Å². The van der Waals surface area contributed by atoms with Crippen molar-refractivity contribution in [3.63, 3.8) is 0 Å². The molecule has 1 N–H and O–H groups in total. The van der Waals surface area contributed by atoms with Crippen molar-refractivity contribution in [3.8, 4) is 0 Å². The summed E-state index contributed by atoms with van der Waals surface area (Å²) in [5.41, 5.74) is 0. The van der Waals surface area contributed by atoms with Gasteiger partial charge in [0.15, 0.2) is 0 Å². The summed E-state index contributed by atoms with van der Waals surface area (Å²) >= 11 is 0. The zero-order chi connectivity index (χ0) is 9.99. The van der Waals surface area contributed by atoms with Gasteiger partial charge >= 0.3 is 0 Å². The van der Waals surface area contributed by atoms with E-state index in [0.717, 1.165) is 13.3 Å². The molecular weight excluding hydrogens is 204 g/mol. The molecule has 2 atom stereocenters. The topological polar surface area (TPSA) is 104 Å². The normalized spacial score (nSPS) is 21.8. The van der Waals surface area contributed by atoms with Crippen LogP contribution in [-0.2, 0) is 9.13 Å². The first-order valence-electron chi connectivity index (χ1n) is 3.16. The third-order valence-corrected chi connectivity index (χ3v) is 5.17. The maximum absolute atomic E-state index is 10.8. The summed E-state index contributed by atoms with van der Waals surface area (Å²) in [6.07, 6.45) is 0. The molecule has 0 rings (SSSR count). The van der Waals surface area contributed by atoms with Crippen molar-refractivity contribution < 1.29 is 24.0 Å². The van der Waals surface area contributed by atoms with Crippen LogP contribution in [0.3, 0.4) is 0 Å². The van der Waals surface area contributed by atoms with Gasteiger partial charge in [0.1, 0.15) is 0 Å². The molecule has 0 aliphatic heterocycles. The third kappa shape index (κ3) is 3.81. The van der Waals surface area contributed by atoms with Crippen molar-refractivity contribution in [1.82, 2.24) is 4.44 Å². The highest BCUT2D eigenvalue weighted by Gasteiger charge is 2.20. The SMILES string of the molecule is CP(=O)([O-])N(CCO)P(C)(=O)[O-]. The zero-order valence-electron chi connectivity index (χ0n) is 6.84. The van der Waals surface area contributed by atoms with Crippen LogP contribution >= 0.6 is 15.0 Å². The fourth-order valence-corrected chi connectivity index (χ4v) is 4.01. The third-order valence-electron chi connectivity index (χ3n) is 1.14. The van der Waals surface area contributed by atoms with Gasteiger partial charge in [-0.1, -0.05) is 0 Å². The number of aliphatic hydroxyl groups excluding tert-OH is 1. The predicted octanol–water partition coefficient (Wildman–Crippen LogP) is -1.35. The van der Waals surface area contributed by atoms with Gasteiger partial charge in [-0.15, -0.1) is 0 Å². The molecule has 0 aromatic heterocycles. The fraction of sp³-hybridized carbons (Fsp3) is 1.00. The summed E-state index contributed by atoms with van der Waals surface area (Å²) in [5, 5.41) is 8.40. The van der Waals surface area contributed by atoms with E-state index in [-0.39, 0.29) is 0 Å². The number of nitrogens with zero attached hydrogens (tertiary/aromatic N) is 1. The van der Waals surface area contributed by atoms with Crippen LogP contribution in [0.1, 0.15) is 0 Å². The Bertz CT molecular complexity index is 208. The second-order valence-corrected chi connectivity index (χ2v) is 6.92. The zero-order valence-corrected chi connectivity index (χ0v) is 8.62. The maximum Gasteiger partial charge on any atom is 0.0814 e. The second kappa shape index (κ2) is 4.01. The van der Waals surface area contributed by atoms with E-state index < -0.39 is 28.2 Å². The van der Waals surface area contributed by atoms with E-state index in [1.54, 1.807) is 0 Å². The average Bonchev–Trinajstić information content (AvgIpc) is 1.77. The molecule has 0 radical (unpaired) electrons. The van der Waals surface area contributed by atoms with E-state index in [2.05, 4.69) is 0 Å². The van der Waals surface area contributed by atoms with Crippen LogP contribution in [0.2, 0.25) is 0 Å². The molecule has 2 unspecified atom stereocenters. The van der Waals surface area contributed by atoms with Gasteiger partial charge in [-0.2, -0.15) is 0 Å². The number of hydrogen-bond donors (Lipinski definition) is 1. The van der Waals surface area contributed by atoms with E-state index in [4.69, 9.17) is 5.11 Å². The largest absolute Gasteiger partial charge is 0.788 e. The Morgan fingerprint density at radius 3 is 1.67 bits per heavy atom. The molecule has 8 heteroatoms. The monoisotopic (exact) mass is 215 g/mol. The second-order valence-electron chi connectivity index (χ2n) is 2.43. The lowest BCUT2D eigenvalue weighted by Crippen LogP contribution is -2.29. The van der Waals surface area contributed by atoms with Gasteiger partial charge in [-0.05, 0) is 13.3 Å². The van der Waals surface area contributed by atoms with Crippen LogP contribution in [0.15, 0.2) is 0 Å². The summed E-state index contributed by atoms with van der Waals surface area (Å²) < 4.78 is 22.0. The van der Waals surface area contributed by atoms with Crippen molar-refractivity contribution in [2.45, 2.75) is 0 Å². The number of hydrogen-bond acceptors (Lipinski definition) is 5. The van der Waals surface area contributed by atoms with E-state index in [9.17, 15) is 18.9 Å². The standard InChI is InChI=1S/C4H13NO5P2/c1-11(7,8)5(3-4-6)12(2,9)10/h6H,3-4H2,1-2H3,(H,7,8)(H,9,10)/p-2. The smallest absolute Gasteiger partial charge is 0.0814 e. The first-order valence-corrected chi connectivity index (χ1v) is 7.21. The molecule has 6 nitrogen and oxygen atoms in total. The molecule has 0 aromatic carbocycles. The van der Waals surface area contributed by atoms with Crippen molar-refractivity contribution in [2.24, 2.45) is 0 Å². The van der Waals surface area contributed by atoms with E-state index in [1.807, 2.05) is 0 Å². The summed E-state index contributed by atoms with van der Waals surface area (Å²) in [6, 6.07) is 0. The van der Waals surface area contributed by atoms with Crippen LogP contribution in [0.4, 0.5) is 0 Å². The molecule has 0 fully saturated rings. The number of rotatable bonds is 4. The van der Waals surface area contributed by atoms with E-state index in [0.29, 0.717) is 4.44 Å². The highest BCUT2D eigenvalue weighted by Crippen LogP contribution is 2.52. The summed E-state index contributed by atoms with van der Waals surface area (Å²) in [5.74, 6) is 0. The quantitative estimate of drug-likeness (QED) is 0.581. The minimum Gasteiger partial charge on any atom is -0.788 e. The van der Waals surface area contributed by atoms with Gasteiger partial charge in [0.25, 0.3) is 0 Å². The van der Waals surface area contributed by atoms with Gasteiger partial charge in [0.2, 0.25) is 0 Å². The molecule has 12 heavy (non-hydrogen) atoms. The van der Waals surface area contributed by atoms with Crippen molar-refractivity contribution in [2.75, 3.05) is 26.5 Å². The Balaban J connectivity index is 4.70. The van der Waals surface area contributed by atoms with Crippen LogP contribution in [0, 0.1) is 0 Å². The maximum atomic E-state index is 10.8. The summed E-state index contributed by atoms with van der Waals surface area (Å²) in [7, 11) is -8.13. The minimum atomic E-state index is -4.07. The van der Waals surface area contributed by atoms with Crippen LogP contribution in [0.5, 0.6) is 0 Å². The highest BCUT2D eigenvalue weighted by atomic mass is 31.2. The molecule has 0 heterocycles. The van der Waals surface area contributed by atoms with Crippen LogP contribution < -0.4 is 9.79 Å². The molecule has 0 spiro atoms. The number of aliphatic hydroxyl groups is 1.